The van der Waals surface area contributed by atoms with Gasteiger partial charge >= 0.3 is 5.97 Å². The van der Waals surface area contributed by atoms with Crippen molar-refractivity contribution in [2.45, 2.75) is 6.42 Å². The van der Waals surface area contributed by atoms with Crippen LogP contribution in [0.15, 0.2) is 54.6 Å². The smallest absolute Gasteiger partial charge is 0.307 e. The number of anilines is 1. The first kappa shape index (κ1) is 14.0. The quantitative estimate of drug-likeness (QED) is 0.855. The lowest BCUT2D eigenvalue weighted by Crippen LogP contribution is -2.36. The molecular formula is C19H17NO3. The van der Waals surface area contributed by atoms with Crippen molar-refractivity contribution >= 4 is 28.3 Å². The van der Waals surface area contributed by atoms with E-state index in [1.54, 1.807) is 0 Å². The number of fused-ring (bicyclic) bond motifs is 3. The number of carbonyl (C=O) groups is 2. The van der Waals surface area contributed by atoms with Gasteiger partial charge in [-0.05, 0) is 41.2 Å². The summed E-state index contributed by atoms with van der Waals surface area (Å²) in [6.07, 6.45) is 4.71. The predicted octanol–water partition coefficient (Wildman–Crippen LogP) is 3.30. The molecule has 0 radical (unpaired) electrons. The topological polar surface area (TPSA) is 66.4 Å². The Balaban J connectivity index is 1.59. The number of benzene rings is 2. The Kier molecular flexibility index (Phi) is 3.18. The highest BCUT2D eigenvalue weighted by molar-refractivity contribution is 5.98. The van der Waals surface area contributed by atoms with Crippen LogP contribution in [0.4, 0.5) is 5.69 Å². The Morgan fingerprint density at radius 3 is 2.39 bits per heavy atom. The van der Waals surface area contributed by atoms with E-state index in [2.05, 4.69) is 5.32 Å². The Labute approximate surface area is 133 Å². The predicted molar refractivity (Wildman–Crippen MR) is 87.9 cm³/mol. The number of rotatable bonds is 3. The summed E-state index contributed by atoms with van der Waals surface area (Å²) >= 11 is 0. The summed E-state index contributed by atoms with van der Waals surface area (Å²) in [5, 5.41) is 14.5. The second kappa shape index (κ2) is 5.23. The van der Waals surface area contributed by atoms with Crippen LogP contribution in [0, 0.1) is 23.7 Å². The summed E-state index contributed by atoms with van der Waals surface area (Å²) in [7, 11) is 0. The van der Waals surface area contributed by atoms with Gasteiger partial charge < -0.3 is 10.4 Å². The van der Waals surface area contributed by atoms with Gasteiger partial charge in [-0.1, -0.05) is 42.5 Å². The number of carbonyl (C=O) groups excluding carboxylic acids is 1. The van der Waals surface area contributed by atoms with E-state index >= 15 is 0 Å². The summed E-state index contributed by atoms with van der Waals surface area (Å²) in [5.41, 5.74) is 0.713. The molecule has 2 aromatic carbocycles. The zero-order valence-electron chi connectivity index (χ0n) is 12.5. The summed E-state index contributed by atoms with van der Waals surface area (Å²) in [6, 6.07) is 13.7. The number of amides is 1. The number of carboxylic acid groups (broad SMARTS) is 1. The summed E-state index contributed by atoms with van der Waals surface area (Å²) in [5.74, 6) is -2.11. The highest BCUT2D eigenvalue weighted by atomic mass is 16.4. The van der Waals surface area contributed by atoms with Crippen LogP contribution in [-0.2, 0) is 9.59 Å². The molecular weight excluding hydrogens is 290 g/mol. The molecule has 0 heterocycles. The van der Waals surface area contributed by atoms with E-state index in [1.807, 2.05) is 54.6 Å². The lowest BCUT2D eigenvalue weighted by molar-refractivity contribution is -0.146. The number of allylic oxidation sites excluding steroid dienone is 2. The Bertz CT molecular complexity index is 826. The molecule has 0 aliphatic heterocycles. The molecule has 0 unspecified atom stereocenters. The average molecular weight is 307 g/mol. The number of carboxylic acids is 1. The van der Waals surface area contributed by atoms with Crippen molar-refractivity contribution in [3.63, 3.8) is 0 Å². The van der Waals surface area contributed by atoms with E-state index in [1.165, 1.54) is 0 Å². The maximum absolute atomic E-state index is 12.6. The highest BCUT2D eigenvalue weighted by Gasteiger charge is 2.51. The van der Waals surface area contributed by atoms with Crippen LogP contribution in [-0.4, -0.2) is 17.0 Å². The molecule has 4 rings (SSSR count). The molecule has 23 heavy (non-hydrogen) atoms. The van der Waals surface area contributed by atoms with Gasteiger partial charge in [-0.25, -0.2) is 0 Å². The minimum Gasteiger partial charge on any atom is -0.481 e. The zero-order valence-corrected chi connectivity index (χ0v) is 12.5. The maximum atomic E-state index is 12.6. The van der Waals surface area contributed by atoms with Crippen LogP contribution in [0.1, 0.15) is 6.42 Å². The van der Waals surface area contributed by atoms with E-state index in [-0.39, 0.29) is 17.7 Å². The molecule has 4 nitrogen and oxygen atoms in total. The van der Waals surface area contributed by atoms with Crippen LogP contribution >= 0.6 is 0 Å². The van der Waals surface area contributed by atoms with Crippen molar-refractivity contribution in [3.8, 4) is 0 Å². The SMILES string of the molecule is O=C(O)[C@@H]1[C@H](C(=O)Nc2ccc3ccccc3c2)[C@H]2C=C[C@H]1C2. The second-order valence-corrected chi connectivity index (χ2v) is 6.39. The van der Waals surface area contributed by atoms with Crippen molar-refractivity contribution in [2.24, 2.45) is 23.7 Å². The van der Waals surface area contributed by atoms with Crippen LogP contribution in [0.3, 0.4) is 0 Å². The molecule has 1 amide bonds. The van der Waals surface area contributed by atoms with Crippen molar-refractivity contribution in [2.75, 3.05) is 5.32 Å². The zero-order chi connectivity index (χ0) is 16.0. The summed E-state index contributed by atoms with van der Waals surface area (Å²) < 4.78 is 0. The largest absolute Gasteiger partial charge is 0.481 e. The number of nitrogens with one attached hydrogen (secondary N) is 1. The van der Waals surface area contributed by atoms with Crippen LogP contribution in [0.5, 0.6) is 0 Å². The highest BCUT2D eigenvalue weighted by Crippen LogP contribution is 2.48. The Morgan fingerprint density at radius 2 is 1.65 bits per heavy atom. The molecule has 0 spiro atoms. The van der Waals surface area contributed by atoms with Crippen molar-refractivity contribution in [3.05, 3.63) is 54.6 Å². The molecule has 1 saturated carbocycles. The number of aliphatic carboxylic acids is 1. The van der Waals surface area contributed by atoms with Gasteiger partial charge in [-0.2, -0.15) is 0 Å². The van der Waals surface area contributed by atoms with Gasteiger partial charge in [0.05, 0.1) is 11.8 Å². The molecule has 2 aromatic rings. The molecule has 0 aromatic heterocycles. The third-order valence-electron chi connectivity index (χ3n) is 5.06. The Morgan fingerprint density at radius 1 is 0.957 bits per heavy atom. The maximum Gasteiger partial charge on any atom is 0.307 e. The van der Waals surface area contributed by atoms with Gasteiger partial charge in [0.15, 0.2) is 0 Å². The lowest BCUT2D eigenvalue weighted by Gasteiger charge is -2.23. The van der Waals surface area contributed by atoms with E-state index in [0.29, 0.717) is 5.69 Å². The van der Waals surface area contributed by atoms with E-state index < -0.39 is 17.8 Å². The van der Waals surface area contributed by atoms with Gasteiger partial charge in [0.25, 0.3) is 0 Å². The van der Waals surface area contributed by atoms with Gasteiger partial charge in [0.2, 0.25) is 5.91 Å². The minimum atomic E-state index is -0.875. The van der Waals surface area contributed by atoms with E-state index in [0.717, 1.165) is 17.2 Å². The fraction of sp³-hybridized carbons (Fsp3) is 0.263. The lowest BCUT2D eigenvalue weighted by atomic mass is 9.82. The normalized spacial score (nSPS) is 28.2. The van der Waals surface area contributed by atoms with Gasteiger partial charge in [0.1, 0.15) is 0 Å². The summed E-state index contributed by atoms with van der Waals surface area (Å²) in [6.45, 7) is 0. The van der Waals surface area contributed by atoms with Crippen molar-refractivity contribution in [1.82, 2.24) is 0 Å². The molecule has 116 valence electrons. The molecule has 1 fully saturated rings. The third-order valence-corrected chi connectivity index (χ3v) is 5.06. The average Bonchev–Trinajstić information content (AvgIpc) is 3.15. The fourth-order valence-electron chi connectivity index (χ4n) is 4.01. The number of hydrogen-bond donors (Lipinski definition) is 2. The van der Waals surface area contributed by atoms with Gasteiger partial charge in [-0.3, -0.25) is 9.59 Å². The van der Waals surface area contributed by atoms with Gasteiger partial charge in [0, 0.05) is 5.69 Å². The van der Waals surface area contributed by atoms with Crippen LogP contribution < -0.4 is 5.32 Å². The van der Waals surface area contributed by atoms with Crippen molar-refractivity contribution < 1.29 is 14.7 Å². The molecule has 2 N–H and O–H groups in total. The molecule has 4 heteroatoms. The van der Waals surface area contributed by atoms with E-state index in [4.69, 9.17) is 0 Å². The Hall–Kier alpha value is -2.62. The summed E-state index contributed by atoms with van der Waals surface area (Å²) in [4.78, 5) is 24.2. The fourth-order valence-corrected chi connectivity index (χ4v) is 4.01. The first-order valence-corrected chi connectivity index (χ1v) is 7.84. The van der Waals surface area contributed by atoms with E-state index in [9.17, 15) is 14.7 Å². The second-order valence-electron chi connectivity index (χ2n) is 6.39. The standard InChI is InChI=1S/C19H17NO3/c21-18(16-13-5-6-14(9-13)17(16)19(22)23)20-15-8-7-11-3-1-2-4-12(11)10-15/h1-8,10,13-14,16-17H,9H2,(H,20,21)(H,22,23)/t13-,14-,16+,17-/m0/s1. The van der Waals surface area contributed by atoms with Crippen molar-refractivity contribution in [1.29, 1.82) is 0 Å². The third kappa shape index (κ3) is 2.31. The van der Waals surface area contributed by atoms with Crippen LogP contribution in [0.2, 0.25) is 0 Å². The molecule has 0 saturated heterocycles. The van der Waals surface area contributed by atoms with Crippen LogP contribution in [0.25, 0.3) is 10.8 Å². The molecule has 4 atom stereocenters. The molecule has 2 aliphatic carbocycles. The molecule has 2 aliphatic rings. The molecule has 2 bridgehead atoms. The first-order valence-electron chi connectivity index (χ1n) is 7.84. The van der Waals surface area contributed by atoms with Gasteiger partial charge in [-0.15, -0.1) is 0 Å². The first-order chi connectivity index (χ1) is 11.1. The number of hydrogen-bond acceptors (Lipinski definition) is 2. The monoisotopic (exact) mass is 307 g/mol. The minimum absolute atomic E-state index is 0.00939.